The van der Waals surface area contributed by atoms with E-state index in [-0.39, 0.29) is 5.82 Å². The molecule has 0 spiro atoms. The van der Waals surface area contributed by atoms with E-state index >= 15 is 0 Å². The quantitative estimate of drug-likeness (QED) is 0.777. The van der Waals surface area contributed by atoms with Crippen molar-refractivity contribution in [2.45, 2.75) is 32.5 Å². The molecule has 2 atom stereocenters. The van der Waals surface area contributed by atoms with Crippen LogP contribution >= 0.6 is 0 Å². The highest BCUT2D eigenvalue weighted by atomic mass is 19.1. The molecule has 2 rings (SSSR count). The molecule has 1 aliphatic heterocycles. The molecule has 2 nitrogen and oxygen atoms in total. The van der Waals surface area contributed by atoms with Crippen LogP contribution in [-0.4, -0.2) is 42.0 Å². The van der Waals surface area contributed by atoms with Crippen molar-refractivity contribution in [3.63, 3.8) is 0 Å². The van der Waals surface area contributed by atoms with Gasteiger partial charge in [-0.15, -0.1) is 0 Å². The monoisotopic (exact) mass is 236 g/mol. The van der Waals surface area contributed by atoms with Gasteiger partial charge in [-0.2, -0.15) is 0 Å². The molecule has 3 heteroatoms. The van der Waals surface area contributed by atoms with Crippen molar-refractivity contribution >= 4 is 0 Å². The second-order valence-electron chi connectivity index (χ2n) is 5.19. The summed E-state index contributed by atoms with van der Waals surface area (Å²) in [7, 11) is 2.18. The fraction of sp³-hybridized carbons (Fsp3) is 0.571. The zero-order valence-corrected chi connectivity index (χ0v) is 10.9. The predicted molar refractivity (Wildman–Crippen MR) is 68.4 cm³/mol. The number of likely N-dealkylation sites (N-methyl/N-ethyl adjacent to an activating group) is 1. The molecule has 0 N–H and O–H groups in total. The Bertz CT molecular complexity index is 363. The molecule has 1 fully saturated rings. The molecule has 1 heterocycles. The van der Waals surface area contributed by atoms with Gasteiger partial charge in [0.2, 0.25) is 0 Å². The lowest BCUT2D eigenvalue weighted by molar-refractivity contribution is 0.0545. The summed E-state index contributed by atoms with van der Waals surface area (Å²) in [5.74, 6) is -0.159. The molecule has 0 radical (unpaired) electrons. The highest BCUT2D eigenvalue weighted by Crippen LogP contribution is 2.16. The van der Waals surface area contributed by atoms with Gasteiger partial charge in [0.05, 0.1) is 0 Å². The number of nitrogens with zero attached hydrogens (tertiary/aromatic N) is 2. The molecule has 0 unspecified atom stereocenters. The summed E-state index contributed by atoms with van der Waals surface area (Å²) in [5.41, 5.74) is 1.19. The van der Waals surface area contributed by atoms with Crippen LogP contribution in [0.15, 0.2) is 24.3 Å². The minimum absolute atomic E-state index is 0.159. The largest absolute Gasteiger partial charge is 0.301 e. The predicted octanol–water partition coefficient (Wildman–Crippen LogP) is 2.35. The first kappa shape index (κ1) is 12.5. The van der Waals surface area contributed by atoms with Gasteiger partial charge in [-0.1, -0.05) is 12.1 Å². The average Bonchev–Trinajstić information content (AvgIpc) is 2.29. The van der Waals surface area contributed by atoms with Crippen molar-refractivity contribution in [3.8, 4) is 0 Å². The Labute approximate surface area is 103 Å². The van der Waals surface area contributed by atoms with E-state index in [0.29, 0.717) is 12.1 Å². The minimum Gasteiger partial charge on any atom is -0.301 e. The highest BCUT2D eigenvalue weighted by molar-refractivity contribution is 5.16. The Kier molecular flexibility index (Phi) is 3.79. The summed E-state index contributed by atoms with van der Waals surface area (Å²) in [6, 6.07) is 7.99. The van der Waals surface area contributed by atoms with Gasteiger partial charge >= 0.3 is 0 Å². The van der Waals surface area contributed by atoms with Gasteiger partial charge in [-0.25, -0.2) is 4.39 Å². The minimum atomic E-state index is -0.159. The van der Waals surface area contributed by atoms with Crippen LogP contribution in [0.25, 0.3) is 0 Å². The first-order chi connectivity index (χ1) is 8.06. The molecule has 0 aliphatic carbocycles. The smallest absolute Gasteiger partial charge is 0.123 e. The molecular formula is C14H21FN2. The topological polar surface area (TPSA) is 6.48 Å². The van der Waals surface area contributed by atoms with Crippen molar-refractivity contribution in [3.05, 3.63) is 35.6 Å². The van der Waals surface area contributed by atoms with E-state index in [1.54, 1.807) is 12.1 Å². The van der Waals surface area contributed by atoms with E-state index in [0.717, 1.165) is 19.6 Å². The lowest BCUT2D eigenvalue weighted by Crippen LogP contribution is -2.54. The van der Waals surface area contributed by atoms with E-state index in [2.05, 4.69) is 30.7 Å². The Hall–Kier alpha value is -0.930. The van der Waals surface area contributed by atoms with E-state index in [9.17, 15) is 4.39 Å². The lowest BCUT2D eigenvalue weighted by atomic mass is 10.1. The van der Waals surface area contributed by atoms with Crippen molar-refractivity contribution in [1.82, 2.24) is 9.80 Å². The highest BCUT2D eigenvalue weighted by Gasteiger charge is 2.26. The number of rotatable bonds is 2. The second kappa shape index (κ2) is 5.15. The number of hydrogen-bond donors (Lipinski definition) is 0. The number of benzene rings is 1. The molecule has 1 saturated heterocycles. The van der Waals surface area contributed by atoms with Crippen molar-refractivity contribution in [1.29, 1.82) is 0 Å². The zero-order chi connectivity index (χ0) is 12.4. The second-order valence-corrected chi connectivity index (χ2v) is 5.19. The Morgan fingerprint density at radius 1 is 1.12 bits per heavy atom. The SMILES string of the molecule is C[C@@H]1CN(Cc2ccc(F)cc2)[C@@H](C)CN1C. The Balaban J connectivity index is 2.00. The molecule has 0 aromatic heterocycles. The van der Waals surface area contributed by atoms with Gasteiger partial charge in [0.1, 0.15) is 5.82 Å². The van der Waals surface area contributed by atoms with Crippen LogP contribution in [0.3, 0.4) is 0 Å². The molecule has 1 aromatic rings. The number of halogens is 1. The van der Waals surface area contributed by atoms with Gasteiger partial charge < -0.3 is 4.90 Å². The van der Waals surface area contributed by atoms with Crippen LogP contribution in [0.5, 0.6) is 0 Å². The molecule has 17 heavy (non-hydrogen) atoms. The molecular weight excluding hydrogens is 215 g/mol. The summed E-state index contributed by atoms with van der Waals surface area (Å²) in [5, 5.41) is 0. The maximum atomic E-state index is 12.8. The summed E-state index contributed by atoms with van der Waals surface area (Å²) in [6.07, 6.45) is 0. The summed E-state index contributed by atoms with van der Waals surface area (Å²) in [4.78, 5) is 4.86. The van der Waals surface area contributed by atoms with Crippen molar-refractivity contribution in [2.24, 2.45) is 0 Å². The van der Waals surface area contributed by atoms with Crippen molar-refractivity contribution < 1.29 is 4.39 Å². The standard InChI is InChI=1S/C14H21FN2/c1-11-9-17(12(2)8-16(11)3)10-13-4-6-14(15)7-5-13/h4-7,11-12H,8-10H2,1-3H3/t11-,12+/m1/s1. The fourth-order valence-corrected chi connectivity index (χ4v) is 2.42. The van der Waals surface area contributed by atoms with Crippen LogP contribution in [-0.2, 0) is 6.54 Å². The number of piperazine rings is 1. The first-order valence-electron chi connectivity index (χ1n) is 6.25. The fourth-order valence-electron chi connectivity index (χ4n) is 2.42. The Morgan fingerprint density at radius 2 is 1.76 bits per heavy atom. The van der Waals surface area contributed by atoms with Crippen LogP contribution in [0.1, 0.15) is 19.4 Å². The molecule has 1 aliphatic rings. The van der Waals surface area contributed by atoms with Gasteiger partial charge in [0.15, 0.2) is 0 Å². The molecule has 94 valence electrons. The summed E-state index contributed by atoms with van der Waals surface area (Å²) in [6.45, 7) is 7.60. The van der Waals surface area contributed by atoms with Gasteiger partial charge in [-0.05, 0) is 38.6 Å². The molecule has 0 bridgehead atoms. The van der Waals surface area contributed by atoms with Gasteiger partial charge in [0.25, 0.3) is 0 Å². The Morgan fingerprint density at radius 3 is 2.41 bits per heavy atom. The maximum absolute atomic E-state index is 12.8. The first-order valence-corrected chi connectivity index (χ1v) is 6.25. The van der Waals surface area contributed by atoms with Crippen LogP contribution in [0.4, 0.5) is 4.39 Å². The molecule has 0 saturated carbocycles. The summed E-state index contributed by atoms with van der Waals surface area (Å²) < 4.78 is 12.8. The van der Waals surface area contributed by atoms with Gasteiger partial charge in [0, 0.05) is 31.7 Å². The maximum Gasteiger partial charge on any atom is 0.123 e. The summed E-state index contributed by atoms with van der Waals surface area (Å²) >= 11 is 0. The van der Waals surface area contributed by atoms with Gasteiger partial charge in [-0.3, -0.25) is 4.90 Å². The molecule has 1 aromatic carbocycles. The third-order valence-electron chi connectivity index (χ3n) is 3.73. The molecule has 0 amide bonds. The van der Waals surface area contributed by atoms with Crippen LogP contribution in [0.2, 0.25) is 0 Å². The lowest BCUT2D eigenvalue weighted by Gasteiger charge is -2.42. The third kappa shape index (κ3) is 3.05. The normalized spacial score (nSPS) is 27.3. The average molecular weight is 236 g/mol. The van der Waals surface area contributed by atoms with E-state index < -0.39 is 0 Å². The van der Waals surface area contributed by atoms with Crippen LogP contribution in [0, 0.1) is 5.82 Å². The van der Waals surface area contributed by atoms with E-state index in [1.165, 1.54) is 5.56 Å². The van der Waals surface area contributed by atoms with Crippen molar-refractivity contribution in [2.75, 3.05) is 20.1 Å². The van der Waals surface area contributed by atoms with Crippen LogP contribution < -0.4 is 0 Å². The number of hydrogen-bond acceptors (Lipinski definition) is 2. The van der Waals surface area contributed by atoms with E-state index in [4.69, 9.17) is 0 Å². The van der Waals surface area contributed by atoms with E-state index in [1.807, 2.05) is 12.1 Å². The third-order valence-corrected chi connectivity index (χ3v) is 3.73. The zero-order valence-electron chi connectivity index (χ0n) is 10.9.